The minimum absolute atomic E-state index is 0.391. The van der Waals surface area contributed by atoms with E-state index in [0.29, 0.717) is 24.9 Å². The van der Waals surface area contributed by atoms with E-state index in [4.69, 9.17) is 5.26 Å². The fourth-order valence-corrected chi connectivity index (χ4v) is 2.87. The van der Waals surface area contributed by atoms with Crippen LogP contribution in [0.4, 0.5) is 0 Å². The molecular formula is C9H16N2O2S. The van der Waals surface area contributed by atoms with Crippen LogP contribution in [0.3, 0.4) is 0 Å². The van der Waals surface area contributed by atoms with E-state index in [0.717, 1.165) is 6.42 Å². The van der Waals surface area contributed by atoms with Gasteiger partial charge in [-0.3, -0.25) is 0 Å². The smallest absolute Gasteiger partial charge is 0.211 e. The average molecular weight is 216 g/mol. The summed E-state index contributed by atoms with van der Waals surface area (Å²) in [5.74, 6) is 0.568. The van der Waals surface area contributed by atoms with Gasteiger partial charge in [0.25, 0.3) is 0 Å². The number of nitrogens with zero attached hydrogens (tertiary/aromatic N) is 2. The van der Waals surface area contributed by atoms with Crippen molar-refractivity contribution in [3.05, 3.63) is 0 Å². The van der Waals surface area contributed by atoms with E-state index in [1.807, 2.05) is 0 Å². The predicted octanol–water partition coefficient (Wildman–Crippen LogP) is 0.818. The summed E-state index contributed by atoms with van der Waals surface area (Å²) in [6.45, 7) is 5.37. The standard InChI is InChI=1S/C9H16N2O2S/c1-8(2)9-3-5-11(7-9)14(12,13)6-4-10/h8-9H,3,5-7H2,1-2H3. The molecule has 4 nitrogen and oxygen atoms in total. The predicted molar refractivity (Wildman–Crippen MR) is 53.9 cm³/mol. The summed E-state index contributed by atoms with van der Waals surface area (Å²) in [7, 11) is -3.30. The highest BCUT2D eigenvalue weighted by molar-refractivity contribution is 7.89. The Labute approximate surface area is 85.6 Å². The van der Waals surface area contributed by atoms with Gasteiger partial charge in [-0.15, -0.1) is 0 Å². The molecule has 0 aromatic heterocycles. The van der Waals surface area contributed by atoms with Gasteiger partial charge >= 0.3 is 0 Å². The van der Waals surface area contributed by atoms with Crippen LogP contribution in [0.25, 0.3) is 0 Å². The minimum Gasteiger partial charge on any atom is -0.211 e. The molecule has 0 saturated carbocycles. The molecule has 0 radical (unpaired) electrons. The van der Waals surface area contributed by atoms with Crippen LogP contribution < -0.4 is 0 Å². The average Bonchev–Trinajstić information content (AvgIpc) is 2.51. The molecule has 1 aliphatic rings. The first-order valence-electron chi connectivity index (χ1n) is 4.82. The van der Waals surface area contributed by atoms with Gasteiger partial charge in [0.2, 0.25) is 10.0 Å². The fourth-order valence-electron chi connectivity index (χ4n) is 1.72. The molecule has 1 atom stereocenters. The van der Waals surface area contributed by atoms with Gasteiger partial charge in [-0.05, 0) is 18.3 Å². The maximum atomic E-state index is 11.5. The van der Waals surface area contributed by atoms with Gasteiger partial charge in [-0.2, -0.15) is 5.26 Å². The molecule has 0 aromatic rings. The lowest BCUT2D eigenvalue weighted by atomic mass is 9.96. The molecule has 1 saturated heterocycles. The van der Waals surface area contributed by atoms with Crippen LogP contribution in [0.1, 0.15) is 20.3 Å². The van der Waals surface area contributed by atoms with Crippen molar-refractivity contribution in [3.8, 4) is 6.07 Å². The van der Waals surface area contributed by atoms with Gasteiger partial charge in [-0.1, -0.05) is 13.8 Å². The van der Waals surface area contributed by atoms with Crippen molar-refractivity contribution < 1.29 is 8.42 Å². The molecule has 1 rings (SSSR count). The Morgan fingerprint density at radius 2 is 2.21 bits per heavy atom. The number of rotatable bonds is 3. The third kappa shape index (κ3) is 2.46. The molecule has 0 N–H and O–H groups in total. The Balaban J connectivity index is 2.63. The van der Waals surface area contributed by atoms with Crippen molar-refractivity contribution >= 4 is 10.0 Å². The lowest BCUT2D eigenvalue weighted by Crippen LogP contribution is -2.31. The van der Waals surface area contributed by atoms with Gasteiger partial charge in [0.1, 0.15) is 0 Å². The maximum absolute atomic E-state index is 11.5. The van der Waals surface area contributed by atoms with E-state index in [9.17, 15) is 8.42 Å². The van der Waals surface area contributed by atoms with Crippen molar-refractivity contribution in [2.24, 2.45) is 11.8 Å². The molecule has 1 fully saturated rings. The van der Waals surface area contributed by atoms with Crippen molar-refractivity contribution in [2.75, 3.05) is 18.8 Å². The third-order valence-electron chi connectivity index (χ3n) is 2.77. The summed E-state index contributed by atoms with van der Waals surface area (Å²) in [5.41, 5.74) is 0. The Bertz CT molecular complexity index is 329. The van der Waals surface area contributed by atoms with E-state index >= 15 is 0 Å². The van der Waals surface area contributed by atoms with Crippen molar-refractivity contribution in [1.82, 2.24) is 4.31 Å². The molecule has 0 bridgehead atoms. The first kappa shape index (κ1) is 11.5. The van der Waals surface area contributed by atoms with Gasteiger partial charge in [0.05, 0.1) is 6.07 Å². The van der Waals surface area contributed by atoms with Crippen LogP contribution in [-0.4, -0.2) is 31.6 Å². The SMILES string of the molecule is CC(C)C1CCN(S(=O)(=O)CC#N)C1. The summed E-state index contributed by atoms with van der Waals surface area (Å²) in [5, 5.41) is 8.38. The Kier molecular flexibility index (Phi) is 3.51. The summed E-state index contributed by atoms with van der Waals surface area (Å²) < 4.78 is 24.5. The van der Waals surface area contributed by atoms with Crippen LogP contribution >= 0.6 is 0 Å². The van der Waals surface area contributed by atoms with E-state index in [-0.39, 0.29) is 0 Å². The van der Waals surface area contributed by atoms with Crippen LogP contribution in [0.5, 0.6) is 0 Å². The fraction of sp³-hybridized carbons (Fsp3) is 0.889. The highest BCUT2D eigenvalue weighted by Gasteiger charge is 2.32. The topological polar surface area (TPSA) is 61.2 Å². The number of hydrogen-bond donors (Lipinski definition) is 0. The molecule has 1 unspecified atom stereocenters. The second-order valence-corrected chi connectivity index (χ2v) is 6.03. The van der Waals surface area contributed by atoms with Crippen molar-refractivity contribution in [3.63, 3.8) is 0 Å². The van der Waals surface area contributed by atoms with Gasteiger partial charge < -0.3 is 0 Å². The zero-order valence-corrected chi connectivity index (χ0v) is 9.42. The molecule has 0 spiro atoms. The molecular weight excluding hydrogens is 200 g/mol. The van der Waals surface area contributed by atoms with Gasteiger partial charge in [0.15, 0.2) is 5.75 Å². The third-order valence-corrected chi connectivity index (χ3v) is 4.38. The molecule has 0 aromatic carbocycles. The van der Waals surface area contributed by atoms with Crippen LogP contribution in [0.15, 0.2) is 0 Å². The molecule has 14 heavy (non-hydrogen) atoms. The van der Waals surface area contributed by atoms with E-state index in [1.165, 1.54) is 4.31 Å². The number of nitriles is 1. The molecule has 5 heteroatoms. The Hall–Kier alpha value is -0.600. The van der Waals surface area contributed by atoms with E-state index in [2.05, 4.69) is 13.8 Å². The first-order chi connectivity index (χ1) is 6.47. The van der Waals surface area contributed by atoms with E-state index < -0.39 is 15.8 Å². The lowest BCUT2D eigenvalue weighted by molar-refractivity contribution is 0.389. The molecule has 0 amide bonds. The number of hydrogen-bond acceptors (Lipinski definition) is 3. The zero-order chi connectivity index (χ0) is 10.8. The Morgan fingerprint density at radius 1 is 1.57 bits per heavy atom. The number of sulfonamides is 1. The van der Waals surface area contributed by atoms with Crippen molar-refractivity contribution in [1.29, 1.82) is 5.26 Å². The van der Waals surface area contributed by atoms with Crippen LogP contribution in [0, 0.1) is 23.2 Å². The monoisotopic (exact) mass is 216 g/mol. The summed E-state index contributed by atoms with van der Waals surface area (Å²) in [4.78, 5) is 0. The van der Waals surface area contributed by atoms with E-state index in [1.54, 1.807) is 6.07 Å². The van der Waals surface area contributed by atoms with Crippen molar-refractivity contribution in [2.45, 2.75) is 20.3 Å². The van der Waals surface area contributed by atoms with Crippen LogP contribution in [-0.2, 0) is 10.0 Å². The van der Waals surface area contributed by atoms with Gasteiger partial charge in [0, 0.05) is 13.1 Å². The largest absolute Gasteiger partial charge is 0.227 e. The summed E-state index contributed by atoms with van der Waals surface area (Å²) in [6, 6.07) is 1.70. The second-order valence-electron chi connectivity index (χ2n) is 4.07. The highest BCUT2D eigenvalue weighted by Crippen LogP contribution is 2.25. The quantitative estimate of drug-likeness (QED) is 0.701. The first-order valence-corrected chi connectivity index (χ1v) is 6.43. The minimum atomic E-state index is -3.30. The summed E-state index contributed by atoms with van der Waals surface area (Å²) >= 11 is 0. The second kappa shape index (κ2) is 4.28. The molecule has 80 valence electrons. The molecule has 1 heterocycles. The Morgan fingerprint density at radius 3 is 2.64 bits per heavy atom. The van der Waals surface area contributed by atoms with Crippen LogP contribution in [0.2, 0.25) is 0 Å². The molecule has 1 aliphatic heterocycles. The lowest BCUT2D eigenvalue weighted by Gasteiger charge is -2.16. The summed E-state index contributed by atoms with van der Waals surface area (Å²) in [6.07, 6.45) is 0.919. The van der Waals surface area contributed by atoms with Gasteiger partial charge in [-0.25, -0.2) is 12.7 Å². The molecule has 0 aliphatic carbocycles. The zero-order valence-electron chi connectivity index (χ0n) is 8.60. The maximum Gasteiger partial charge on any atom is 0.227 e. The normalized spacial score (nSPS) is 24.0. The highest BCUT2D eigenvalue weighted by atomic mass is 32.2.